The van der Waals surface area contributed by atoms with Crippen LogP contribution in [0, 0.1) is 11.3 Å². The van der Waals surface area contributed by atoms with Crippen LogP contribution in [-0.4, -0.2) is 59.1 Å². The molecule has 2 rings (SSSR count). The summed E-state index contributed by atoms with van der Waals surface area (Å²) in [4.78, 5) is 2.22. The fourth-order valence-corrected chi connectivity index (χ4v) is 3.65. The average molecular weight is 297 g/mol. The van der Waals surface area contributed by atoms with Gasteiger partial charge < -0.3 is 0 Å². The number of aromatic nitrogens is 2. The summed E-state index contributed by atoms with van der Waals surface area (Å²) in [5.41, 5.74) is -0.565. The van der Waals surface area contributed by atoms with Crippen LogP contribution >= 0.6 is 0 Å². The van der Waals surface area contributed by atoms with E-state index in [0.717, 1.165) is 0 Å². The van der Waals surface area contributed by atoms with Crippen LogP contribution in [0.5, 0.6) is 0 Å². The molecule has 1 aliphatic heterocycles. The van der Waals surface area contributed by atoms with E-state index < -0.39 is 15.6 Å². The van der Waals surface area contributed by atoms with E-state index >= 15 is 0 Å². The van der Waals surface area contributed by atoms with Crippen molar-refractivity contribution in [2.75, 3.05) is 26.2 Å². The second-order valence-electron chi connectivity index (χ2n) is 5.41. The number of rotatable bonds is 3. The third-order valence-corrected chi connectivity index (χ3v) is 5.47. The second-order valence-corrected chi connectivity index (χ2v) is 7.35. The summed E-state index contributed by atoms with van der Waals surface area (Å²) in [6.45, 7) is 5.58. The van der Waals surface area contributed by atoms with E-state index in [1.54, 1.807) is 7.05 Å². The maximum atomic E-state index is 12.4. The monoisotopic (exact) mass is 297 g/mol. The molecular formula is C12H19N5O2S. The summed E-state index contributed by atoms with van der Waals surface area (Å²) in [5, 5.41) is 13.0. The van der Waals surface area contributed by atoms with E-state index in [1.165, 1.54) is 21.4 Å². The zero-order chi connectivity index (χ0) is 15.0. The zero-order valence-corrected chi connectivity index (χ0v) is 12.8. The average Bonchev–Trinajstić information content (AvgIpc) is 2.86. The highest BCUT2D eigenvalue weighted by Gasteiger charge is 2.34. The minimum absolute atomic E-state index is 0.216. The minimum Gasteiger partial charge on any atom is -0.283 e. The first-order valence-corrected chi connectivity index (χ1v) is 7.86. The van der Waals surface area contributed by atoms with Crippen molar-refractivity contribution < 1.29 is 8.42 Å². The molecule has 1 aromatic heterocycles. The molecule has 1 saturated heterocycles. The molecule has 8 heteroatoms. The lowest BCUT2D eigenvalue weighted by molar-refractivity contribution is 0.115. The van der Waals surface area contributed by atoms with Gasteiger partial charge in [0.15, 0.2) is 0 Å². The van der Waals surface area contributed by atoms with E-state index in [4.69, 9.17) is 5.26 Å². The van der Waals surface area contributed by atoms with Crippen LogP contribution < -0.4 is 0 Å². The molecule has 2 heterocycles. The molecule has 0 N–H and O–H groups in total. The smallest absolute Gasteiger partial charge is 0.246 e. The Morgan fingerprint density at radius 3 is 2.35 bits per heavy atom. The SMILES string of the molecule is Cn1cc(S(=O)(=O)N2CCN(C(C)(C)C#N)CC2)cn1. The summed E-state index contributed by atoms with van der Waals surface area (Å²) >= 11 is 0. The first kappa shape index (κ1) is 15.0. The van der Waals surface area contributed by atoms with Gasteiger partial charge in [0, 0.05) is 39.4 Å². The van der Waals surface area contributed by atoms with Crippen molar-refractivity contribution in [2.24, 2.45) is 7.05 Å². The number of aryl methyl sites for hydroxylation is 1. The van der Waals surface area contributed by atoms with Crippen LogP contribution in [0.3, 0.4) is 0 Å². The molecule has 110 valence electrons. The predicted molar refractivity (Wildman–Crippen MR) is 73.2 cm³/mol. The van der Waals surface area contributed by atoms with Gasteiger partial charge in [0.25, 0.3) is 0 Å². The Bertz CT molecular complexity index is 621. The molecule has 20 heavy (non-hydrogen) atoms. The van der Waals surface area contributed by atoms with Gasteiger partial charge in [0.05, 0.1) is 12.3 Å². The van der Waals surface area contributed by atoms with Crippen LogP contribution in [0.15, 0.2) is 17.3 Å². The van der Waals surface area contributed by atoms with Gasteiger partial charge >= 0.3 is 0 Å². The summed E-state index contributed by atoms with van der Waals surface area (Å²) < 4.78 is 27.8. The van der Waals surface area contributed by atoms with Crippen LogP contribution in [-0.2, 0) is 17.1 Å². The molecule has 0 unspecified atom stereocenters. The van der Waals surface area contributed by atoms with E-state index in [0.29, 0.717) is 26.2 Å². The fourth-order valence-electron chi connectivity index (χ4n) is 2.24. The number of nitrogens with zero attached hydrogens (tertiary/aromatic N) is 5. The largest absolute Gasteiger partial charge is 0.283 e. The molecule has 0 aliphatic carbocycles. The second kappa shape index (κ2) is 5.16. The van der Waals surface area contributed by atoms with Gasteiger partial charge in [-0.2, -0.15) is 14.7 Å². The van der Waals surface area contributed by atoms with Crippen molar-refractivity contribution in [2.45, 2.75) is 24.3 Å². The summed E-state index contributed by atoms with van der Waals surface area (Å²) in [7, 11) is -1.79. The maximum Gasteiger partial charge on any atom is 0.246 e. The van der Waals surface area contributed by atoms with Crippen LogP contribution in [0.25, 0.3) is 0 Å². The van der Waals surface area contributed by atoms with Crippen LogP contribution in [0.1, 0.15) is 13.8 Å². The molecule has 0 bridgehead atoms. The first-order chi connectivity index (χ1) is 9.27. The van der Waals surface area contributed by atoms with Crippen molar-refractivity contribution in [1.29, 1.82) is 5.26 Å². The van der Waals surface area contributed by atoms with E-state index in [1.807, 2.05) is 18.7 Å². The molecule has 1 fully saturated rings. The molecule has 1 aromatic rings. The topological polar surface area (TPSA) is 82.2 Å². The van der Waals surface area contributed by atoms with Crippen molar-refractivity contribution in [3.8, 4) is 6.07 Å². The Morgan fingerprint density at radius 2 is 1.90 bits per heavy atom. The number of hydrogen-bond acceptors (Lipinski definition) is 5. The van der Waals surface area contributed by atoms with Gasteiger partial charge in [-0.05, 0) is 13.8 Å². The molecule has 0 radical (unpaired) electrons. The number of hydrogen-bond donors (Lipinski definition) is 0. The third-order valence-electron chi connectivity index (χ3n) is 3.62. The zero-order valence-electron chi connectivity index (χ0n) is 11.9. The lowest BCUT2D eigenvalue weighted by atomic mass is 10.0. The Labute approximate surface area is 119 Å². The molecular weight excluding hydrogens is 278 g/mol. The standard InChI is InChI=1S/C12H19N5O2S/c1-12(2,10-13)16-4-6-17(7-5-16)20(18,19)11-8-14-15(3)9-11/h8-9H,4-7H2,1-3H3. The molecule has 0 amide bonds. The molecule has 7 nitrogen and oxygen atoms in total. The molecule has 0 saturated carbocycles. The van der Waals surface area contributed by atoms with Crippen LogP contribution in [0.4, 0.5) is 0 Å². The van der Waals surface area contributed by atoms with Gasteiger partial charge in [-0.1, -0.05) is 0 Å². The lowest BCUT2D eigenvalue weighted by Crippen LogP contribution is -2.55. The van der Waals surface area contributed by atoms with Gasteiger partial charge in [0.1, 0.15) is 10.4 Å². The maximum absolute atomic E-state index is 12.4. The highest BCUT2D eigenvalue weighted by Crippen LogP contribution is 2.20. The predicted octanol–water partition coefficient (Wildman–Crippen LogP) is 0.0286. The van der Waals surface area contributed by atoms with Gasteiger partial charge in [-0.3, -0.25) is 9.58 Å². The first-order valence-electron chi connectivity index (χ1n) is 6.42. The van der Waals surface area contributed by atoms with Crippen molar-refractivity contribution in [1.82, 2.24) is 19.0 Å². The third kappa shape index (κ3) is 2.70. The fraction of sp³-hybridized carbons (Fsp3) is 0.667. The molecule has 0 atom stereocenters. The van der Waals surface area contributed by atoms with E-state index in [-0.39, 0.29) is 4.90 Å². The Morgan fingerprint density at radius 1 is 1.30 bits per heavy atom. The minimum atomic E-state index is -3.48. The van der Waals surface area contributed by atoms with E-state index in [9.17, 15) is 8.42 Å². The number of sulfonamides is 1. The number of piperazine rings is 1. The molecule has 1 aliphatic rings. The quantitative estimate of drug-likeness (QED) is 0.786. The highest BCUT2D eigenvalue weighted by atomic mass is 32.2. The van der Waals surface area contributed by atoms with Crippen molar-refractivity contribution in [3.05, 3.63) is 12.4 Å². The van der Waals surface area contributed by atoms with Crippen molar-refractivity contribution >= 4 is 10.0 Å². The van der Waals surface area contributed by atoms with Gasteiger partial charge in [-0.15, -0.1) is 0 Å². The van der Waals surface area contributed by atoms with E-state index in [2.05, 4.69) is 11.2 Å². The van der Waals surface area contributed by atoms with Crippen molar-refractivity contribution in [3.63, 3.8) is 0 Å². The Kier molecular flexibility index (Phi) is 3.86. The summed E-state index contributed by atoms with van der Waals surface area (Å²) in [6.07, 6.45) is 2.86. The molecule has 0 spiro atoms. The van der Waals surface area contributed by atoms with Crippen LogP contribution in [0.2, 0.25) is 0 Å². The Balaban J connectivity index is 2.10. The lowest BCUT2D eigenvalue weighted by Gasteiger charge is -2.39. The normalized spacial score (nSPS) is 18.9. The molecule has 0 aromatic carbocycles. The van der Waals surface area contributed by atoms with Gasteiger partial charge in [0.2, 0.25) is 10.0 Å². The Hall–Kier alpha value is -1.43. The van der Waals surface area contributed by atoms with Gasteiger partial charge in [-0.25, -0.2) is 8.42 Å². The summed E-state index contributed by atoms with van der Waals surface area (Å²) in [5.74, 6) is 0. The highest BCUT2D eigenvalue weighted by molar-refractivity contribution is 7.89. The summed E-state index contributed by atoms with van der Waals surface area (Å²) in [6, 6.07) is 2.24. The number of nitriles is 1.